The molecule has 6 nitrogen and oxygen atoms in total. The van der Waals surface area contributed by atoms with E-state index in [9.17, 15) is 0 Å². The van der Waals surface area contributed by atoms with Gasteiger partial charge in [0, 0.05) is 17.5 Å². The van der Waals surface area contributed by atoms with Gasteiger partial charge in [0.2, 0.25) is 5.88 Å². The molecule has 0 amide bonds. The van der Waals surface area contributed by atoms with Crippen molar-refractivity contribution in [1.82, 2.24) is 9.78 Å². The first-order chi connectivity index (χ1) is 10.1. The van der Waals surface area contributed by atoms with Crippen LogP contribution in [0.4, 0.5) is 0 Å². The van der Waals surface area contributed by atoms with E-state index in [1.807, 2.05) is 52.1 Å². The molecule has 21 heavy (non-hydrogen) atoms. The van der Waals surface area contributed by atoms with Crippen LogP contribution in [0.3, 0.4) is 0 Å². The van der Waals surface area contributed by atoms with Crippen LogP contribution in [0.2, 0.25) is 0 Å². The Morgan fingerprint density at radius 3 is 2.62 bits per heavy atom. The van der Waals surface area contributed by atoms with E-state index in [0.29, 0.717) is 5.88 Å². The number of azide groups is 1. The fraction of sp³-hybridized carbons (Fsp3) is 0.400. The quantitative estimate of drug-likeness (QED) is 0.462. The summed E-state index contributed by atoms with van der Waals surface area (Å²) in [5.41, 5.74) is 11.5. The molecule has 1 heterocycles. The lowest BCUT2D eigenvalue weighted by Gasteiger charge is -2.08. The lowest BCUT2D eigenvalue weighted by Crippen LogP contribution is -1.96. The zero-order valence-corrected chi connectivity index (χ0v) is 12.7. The summed E-state index contributed by atoms with van der Waals surface area (Å²) in [6.45, 7) is 5.90. The predicted molar refractivity (Wildman–Crippen MR) is 81.4 cm³/mol. The summed E-state index contributed by atoms with van der Waals surface area (Å²) in [6.07, 6.45) is 0.760. The fourth-order valence-corrected chi connectivity index (χ4v) is 2.22. The Balaban J connectivity index is 2.39. The Labute approximate surface area is 124 Å². The molecule has 110 valence electrons. The molecule has 0 bridgehead atoms. The summed E-state index contributed by atoms with van der Waals surface area (Å²) >= 11 is 0. The number of nitrogens with zero attached hydrogens (tertiary/aromatic N) is 5. The molecule has 0 N–H and O–H groups in total. The molecule has 6 heteroatoms. The topological polar surface area (TPSA) is 75.8 Å². The minimum Gasteiger partial charge on any atom is -0.439 e. The van der Waals surface area contributed by atoms with Crippen LogP contribution in [0.1, 0.15) is 36.7 Å². The van der Waals surface area contributed by atoms with Gasteiger partial charge < -0.3 is 4.74 Å². The minimum atomic E-state index is -0.313. The van der Waals surface area contributed by atoms with E-state index in [2.05, 4.69) is 15.1 Å². The summed E-state index contributed by atoms with van der Waals surface area (Å²) in [5.74, 6) is 1.46. The number of rotatable bonds is 5. The molecule has 1 atom stereocenters. The number of hydrogen-bond donors (Lipinski definition) is 0. The highest BCUT2D eigenvalue weighted by molar-refractivity contribution is 5.38. The van der Waals surface area contributed by atoms with E-state index in [-0.39, 0.29) is 6.04 Å². The molecule has 1 aromatic heterocycles. The SMILES string of the molecule is CCc1c(C(C)N=[N+]=[N-])nn(C)c1Oc1ccc(C)cc1. The Morgan fingerprint density at radius 2 is 2.05 bits per heavy atom. The largest absolute Gasteiger partial charge is 0.439 e. The van der Waals surface area contributed by atoms with Crippen LogP contribution >= 0.6 is 0 Å². The van der Waals surface area contributed by atoms with E-state index in [1.165, 1.54) is 5.56 Å². The highest BCUT2D eigenvalue weighted by atomic mass is 16.5. The number of benzene rings is 1. The van der Waals surface area contributed by atoms with Crippen LogP contribution in [0.5, 0.6) is 11.6 Å². The number of hydrogen-bond acceptors (Lipinski definition) is 3. The van der Waals surface area contributed by atoms with Gasteiger partial charge in [-0.2, -0.15) is 5.10 Å². The van der Waals surface area contributed by atoms with Crippen LogP contribution in [0, 0.1) is 6.92 Å². The lowest BCUT2D eigenvalue weighted by atomic mass is 10.1. The summed E-state index contributed by atoms with van der Waals surface area (Å²) in [4.78, 5) is 2.85. The van der Waals surface area contributed by atoms with Gasteiger partial charge in [-0.3, -0.25) is 0 Å². The van der Waals surface area contributed by atoms with E-state index >= 15 is 0 Å². The molecule has 0 fully saturated rings. The smallest absolute Gasteiger partial charge is 0.221 e. The average Bonchev–Trinajstić information content (AvgIpc) is 2.78. The molecule has 1 aromatic carbocycles. The second kappa shape index (κ2) is 6.33. The van der Waals surface area contributed by atoms with Crippen LogP contribution in [-0.2, 0) is 13.5 Å². The first-order valence-corrected chi connectivity index (χ1v) is 6.91. The maximum absolute atomic E-state index is 8.59. The van der Waals surface area contributed by atoms with Crippen LogP contribution in [-0.4, -0.2) is 9.78 Å². The lowest BCUT2D eigenvalue weighted by molar-refractivity contribution is 0.426. The van der Waals surface area contributed by atoms with Crippen LogP contribution in [0.15, 0.2) is 29.4 Å². The van der Waals surface area contributed by atoms with E-state index < -0.39 is 0 Å². The Kier molecular flexibility index (Phi) is 4.50. The summed E-state index contributed by atoms with van der Waals surface area (Å²) in [6, 6.07) is 7.55. The van der Waals surface area contributed by atoms with Crippen molar-refractivity contribution in [3.63, 3.8) is 0 Å². The third-order valence-electron chi connectivity index (χ3n) is 3.33. The second-order valence-electron chi connectivity index (χ2n) is 4.94. The molecule has 0 aliphatic heterocycles. The Hall–Kier alpha value is -2.46. The van der Waals surface area contributed by atoms with Gasteiger partial charge in [-0.05, 0) is 31.0 Å². The molecule has 0 radical (unpaired) electrons. The van der Waals surface area contributed by atoms with Crippen molar-refractivity contribution >= 4 is 0 Å². The minimum absolute atomic E-state index is 0.313. The molecule has 2 aromatic rings. The van der Waals surface area contributed by atoms with E-state index in [4.69, 9.17) is 10.3 Å². The molecule has 1 unspecified atom stereocenters. The van der Waals surface area contributed by atoms with Gasteiger partial charge in [-0.25, -0.2) is 4.68 Å². The Bertz CT molecular complexity index is 668. The average molecular weight is 285 g/mol. The molecular weight excluding hydrogens is 266 g/mol. The monoisotopic (exact) mass is 285 g/mol. The van der Waals surface area contributed by atoms with E-state index in [0.717, 1.165) is 23.4 Å². The molecule has 0 aliphatic carbocycles. The molecule has 2 rings (SSSR count). The maximum atomic E-state index is 8.59. The van der Waals surface area contributed by atoms with Gasteiger partial charge in [-0.1, -0.05) is 36.7 Å². The summed E-state index contributed by atoms with van der Waals surface area (Å²) in [5, 5.41) is 8.17. The normalized spacial score (nSPS) is 11.8. The fourth-order valence-electron chi connectivity index (χ4n) is 2.22. The molecular formula is C15H19N5O. The Morgan fingerprint density at radius 1 is 1.38 bits per heavy atom. The van der Waals surface area contributed by atoms with Gasteiger partial charge in [0.05, 0.1) is 11.7 Å². The second-order valence-corrected chi connectivity index (χ2v) is 4.94. The van der Waals surface area contributed by atoms with E-state index in [1.54, 1.807) is 4.68 Å². The first-order valence-electron chi connectivity index (χ1n) is 6.91. The van der Waals surface area contributed by atoms with Crippen LogP contribution < -0.4 is 4.74 Å². The number of ether oxygens (including phenoxy) is 1. The van der Waals surface area contributed by atoms with Crippen molar-refractivity contribution in [2.24, 2.45) is 12.2 Å². The van der Waals surface area contributed by atoms with Crippen molar-refractivity contribution in [3.05, 3.63) is 51.5 Å². The molecule has 0 saturated heterocycles. The van der Waals surface area contributed by atoms with Crippen molar-refractivity contribution < 1.29 is 4.74 Å². The molecule has 0 spiro atoms. The first kappa shape index (κ1) is 14.9. The van der Waals surface area contributed by atoms with Gasteiger partial charge in [-0.15, -0.1) is 0 Å². The van der Waals surface area contributed by atoms with Gasteiger partial charge in [0.1, 0.15) is 5.75 Å². The third kappa shape index (κ3) is 3.17. The number of aromatic nitrogens is 2. The van der Waals surface area contributed by atoms with Gasteiger partial charge >= 0.3 is 0 Å². The molecule has 0 aliphatic rings. The highest BCUT2D eigenvalue weighted by Gasteiger charge is 2.20. The van der Waals surface area contributed by atoms with Crippen molar-refractivity contribution in [1.29, 1.82) is 0 Å². The van der Waals surface area contributed by atoms with Gasteiger partial charge in [0.15, 0.2) is 0 Å². The zero-order chi connectivity index (χ0) is 15.4. The maximum Gasteiger partial charge on any atom is 0.221 e. The summed E-state index contributed by atoms with van der Waals surface area (Å²) in [7, 11) is 1.83. The third-order valence-corrected chi connectivity index (χ3v) is 3.33. The highest BCUT2D eigenvalue weighted by Crippen LogP contribution is 2.32. The molecule has 0 saturated carbocycles. The standard InChI is InChI=1S/C15H19N5O/c1-5-13-14(11(3)17-19-16)18-20(4)15(13)21-12-8-6-10(2)7-9-12/h6-9,11H,5H2,1-4H3. The van der Waals surface area contributed by atoms with Crippen molar-refractivity contribution in [3.8, 4) is 11.6 Å². The summed E-state index contributed by atoms with van der Waals surface area (Å²) < 4.78 is 7.65. The van der Waals surface area contributed by atoms with Gasteiger partial charge in [0.25, 0.3) is 0 Å². The van der Waals surface area contributed by atoms with Crippen molar-refractivity contribution in [2.75, 3.05) is 0 Å². The predicted octanol–water partition coefficient (Wildman–Crippen LogP) is 4.45. The van der Waals surface area contributed by atoms with Crippen LogP contribution in [0.25, 0.3) is 10.4 Å². The zero-order valence-electron chi connectivity index (χ0n) is 12.7. The number of aryl methyl sites for hydroxylation is 2. The van der Waals surface area contributed by atoms with Crippen molar-refractivity contribution in [2.45, 2.75) is 33.2 Å².